The second-order valence-electron chi connectivity index (χ2n) is 3.42. The lowest BCUT2D eigenvalue weighted by molar-refractivity contribution is -0.162. The third-order valence-electron chi connectivity index (χ3n) is 2.19. The minimum atomic E-state index is 0.0511. The fourth-order valence-electron chi connectivity index (χ4n) is 1.42. The highest BCUT2D eigenvalue weighted by molar-refractivity contribution is 4.72. The predicted octanol–water partition coefficient (Wildman–Crippen LogP) is 2.47. The second kappa shape index (κ2) is 7.83. The first kappa shape index (κ1) is 11.5. The highest BCUT2D eigenvalue weighted by atomic mass is 16.7. The summed E-state index contributed by atoms with van der Waals surface area (Å²) in [5.74, 6) is 0. The topological polar surface area (TPSA) is 27.7 Å². The molecule has 0 aliphatic carbocycles. The van der Waals surface area contributed by atoms with E-state index in [2.05, 4.69) is 0 Å². The van der Waals surface area contributed by atoms with Gasteiger partial charge in [0.05, 0.1) is 20.0 Å². The van der Waals surface area contributed by atoms with Crippen LogP contribution in [0.1, 0.15) is 32.1 Å². The van der Waals surface area contributed by atoms with Crippen molar-refractivity contribution in [2.75, 3.05) is 20.3 Å². The molecule has 82 valence electrons. The average Bonchev–Trinajstić information content (AvgIpc) is 2.25. The van der Waals surface area contributed by atoms with E-state index >= 15 is 0 Å². The monoisotopic (exact) mass is 200 g/mol. The van der Waals surface area contributed by atoms with E-state index in [1.807, 2.05) is 6.08 Å². The first-order chi connectivity index (χ1) is 6.93. The van der Waals surface area contributed by atoms with Crippen molar-refractivity contribution in [1.82, 2.24) is 0 Å². The SMILES string of the molecule is CO/C=C/CCCOC1CCCCO1. The summed E-state index contributed by atoms with van der Waals surface area (Å²) in [7, 11) is 1.66. The first-order valence-corrected chi connectivity index (χ1v) is 5.34. The van der Waals surface area contributed by atoms with Gasteiger partial charge in [-0.15, -0.1) is 0 Å². The fourth-order valence-corrected chi connectivity index (χ4v) is 1.42. The molecule has 1 atom stereocenters. The summed E-state index contributed by atoms with van der Waals surface area (Å²) in [4.78, 5) is 0. The second-order valence-corrected chi connectivity index (χ2v) is 3.42. The minimum Gasteiger partial charge on any atom is -0.505 e. The lowest BCUT2D eigenvalue weighted by atomic mass is 10.2. The molecule has 1 saturated heterocycles. The van der Waals surface area contributed by atoms with Crippen LogP contribution < -0.4 is 0 Å². The fraction of sp³-hybridized carbons (Fsp3) is 0.818. The van der Waals surface area contributed by atoms with E-state index < -0.39 is 0 Å². The standard InChI is InChI=1S/C11H20O3/c1-12-8-4-2-5-9-13-11-7-3-6-10-14-11/h4,8,11H,2-3,5-7,9-10H2,1H3/b8-4+. The molecule has 0 saturated carbocycles. The van der Waals surface area contributed by atoms with Gasteiger partial charge in [-0.3, -0.25) is 0 Å². The third-order valence-corrected chi connectivity index (χ3v) is 2.19. The molecule has 0 aromatic carbocycles. The van der Waals surface area contributed by atoms with Crippen molar-refractivity contribution in [1.29, 1.82) is 0 Å². The van der Waals surface area contributed by atoms with E-state index in [-0.39, 0.29) is 6.29 Å². The van der Waals surface area contributed by atoms with E-state index in [1.54, 1.807) is 13.4 Å². The maximum atomic E-state index is 5.57. The number of hydrogen-bond donors (Lipinski definition) is 0. The van der Waals surface area contributed by atoms with Crippen LogP contribution in [0.25, 0.3) is 0 Å². The molecule has 0 amide bonds. The van der Waals surface area contributed by atoms with Gasteiger partial charge in [0.2, 0.25) is 0 Å². The van der Waals surface area contributed by atoms with Crippen LogP contribution in [-0.4, -0.2) is 26.6 Å². The molecule has 0 bridgehead atoms. The first-order valence-electron chi connectivity index (χ1n) is 5.34. The summed E-state index contributed by atoms with van der Waals surface area (Å²) >= 11 is 0. The van der Waals surface area contributed by atoms with Crippen molar-refractivity contribution < 1.29 is 14.2 Å². The Morgan fingerprint density at radius 2 is 2.36 bits per heavy atom. The summed E-state index contributed by atoms with van der Waals surface area (Å²) in [6, 6.07) is 0. The molecule has 3 nitrogen and oxygen atoms in total. The Kier molecular flexibility index (Phi) is 6.45. The molecule has 1 fully saturated rings. The van der Waals surface area contributed by atoms with Crippen molar-refractivity contribution in [3.63, 3.8) is 0 Å². The van der Waals surface area contributed by atoms with Crippen molar-refractivity contribution in [2.45, 2.75) is 38.4 Å². The van der Waals surface area contributed by atoms with Crippen LogP contribution in [0.3, 0.4) is 0 Å². The van der Waals surface area contributed by atoms with Gasteiger partial charge in [0.15, 0.2) is 6.29 Å². The molecule has 1 aliphatic rings. The maximum absolute atomic E-state index is 5.57. The largest absolute Gasteiger partial charge is 0.505 e. The number of methoxy groups -OCH3 is 1. The van der Waals surface area contributed by atoms with Crippen LogP contribution >= 0.6 is 0 Å². The Bertz CT molecular complexity index is 151. The molecule has 0 aromatic rings. The Hall–Kier alpha value is -0.540. The number of allylic oxidation sites excluding steroid dienone is 1. The van der Waals surface area contributed by atoms with Crippen molar-refractivity contribution in [3.05, 3.63) is 12.3 Å². The van der Waals surface area contributed by atoms with Crippen LogP contribution in [-0.2, 0) is 14.2 Å². The van der Waals surface area contributed by atoms with Crippen LogP contribution in [0.15, 0.2) is 12.3 Å². The number of hydrogen-bond acceptors (Lipinski definition) is 3. The average molecular weight is 200 g/mol. The maximum Gasteiger partial charge on any atom is 0.157 e. The summed E-state index contributed by atoms with van der Waals surface area (Å²) < 4.78 is 15.8. The smallest absolute Gasteiger partial charge is 0.157 e. The third kappa shape index (κ3) is 5.25. The molecule has 0 radical (unpaired) electrons. The van der Waals surface area contributed by atoms with Gasteiger partial charge in [0.1, 0.15) is 0 Å². The summed E-state index contributed by atoms with van der Waals surface area (Å²) in [6.45, 7) is 1.63. The van der Waals surface area contributed by atoms with E-state index in [1.165, 1.54) is 12.8 Å². The predicted molar refractivity (Wildman–Crippen MR) is 54.9 cm³/mol. The quantitative estimate of drug-likeness (QED) is 0.487. The van der Waals surface area contributed by atoms with Crippen molar-refractivity contribution >= 4 is 0 Å². The van der Waals surface area contributed by atoms with Crippen LogP contribution in [0.5, 0.6) is 0 Å². The lowest BCUT2D eigenvalue weighted by Gasteiger charge is -2.22. The Balaban J connectivity index is 1.89. The highest BCUT2D eigenvalue weighted by Crippen LogP contribution is 2.13. The molecule has 14 heavy (non-hydrogen) atoms. The van der Waals surface area contributed by atoms with E-state index in [0.717, 1.165) is 32.5 Å². The van der Waals surface area contributed by atoms with Gasteiger partial charge in [-0.25, -0.2) is 0 Å². The van der Waals surface area contributed by atoms with Gasteiger partial charge in [0, 0.05) is 6.61 Å². The summed E-state index contributed by atoms with van der Waals surface area (Å²) in [5.41, 5.74) is 0. The molecule has 1 heterocycles. The van der Waals surface area contributed by atoms with E-state index in [9.17, 15) is 0 Å². The Morgan fingerprint density at radius 3 is 3.07 bits per heavy atom. The van der Waals surface area contributed by atoms with Gasteiger partial charge in [0.25, 0.3) is 0 Å². The molecule has 0 aromatic heterocycles. The van der Waals surface area contributed by atoms with Crippen LogP contribution in [0.4, 0.5) is 0 Å². The number of ether oxygens (including phenoxy) is 3. The molecule has 3 heteroatoms. The minimum absolute atomic E-state index is 0.0511. The highest BCUT2D eigenvalue weighted by Gasteiger charge is 2.12. The van der Waals surface area contributed by atoms with Crippen LogP contribution in [0.2, 0.25) is 0 Å². The Morgan fingerprint density at radius 1 is 1.43 bits per heavy atom. The molecule has 1 unspecified atom stereocenters. The van der Waals surface area contributed by atoms with Gasteiger partial charge in [-0.2, -0.15) is 0 Å². The zero-order valence-electron chi connectivity index (χ0n) is 8.91. The normalized spacial score (nSPS) is 22.8. The number of rotatable bonds is 6. The molecule has 1 rings (SSSR count). The van der Waals surface area contributed by atoms with Crippen molar-refractivity contribution in [3.8, 4) is 0 Å². The van der Waals surface area contributed by atoms with Gasteiger partial charge >= 0.3 is 0 Å². The van der Waals surface area contributed by atoms with Gasteiger partial charge in [-0.1, -0.05) is 0 Å². The molecular formula is C11H20O3. The summed E-state index contributed by atoms with van der Waals surface area (Å²) in [5, 5.41) is 0. The van der Waals surface area contributed by atoms with Gasteiger partial charge in [-0.05, 0) is 38.2 Å². The van der Waals surface area contributed by atoms with Crippen molar-refractivity contribution in [2.24, 2.45) is 0 Å². The van der Waals surface area contributed by atoms with E-state index in [4.69, 9.17) is 14.2 Å². The van der Waals surface area contributed by atoms with Gasteiger partial charge < -0.3 is 14.2 Å². The van der Waals surface area contributed by atoms with Crippen LogP contribution in [0, 0.1) is 0 Å². The number of unbranched alkanes of at least 4 members (excludes halogenated alkanes) is 1. The zero-order chi connectivity index (χ0) is 10.1. The van der Waals surface area contributed by atoms with E-state index in [0.29, 0.717) is 0 Å². The molecular weight excluding hydrogens is 180 g/mol. The molecule has 1 aliphatic heterocycles. The zero-order valence-corrected chi connectivity index (χ0v) is 8.91. The summed E-state index contributed by atoms with van der Waals surface area (Å²) in [6.07, 6.45) is 9.25. The molecule has 0 spiro atoms. The lowest BCUT2D eigenvalue weighted by Crippen LogP contribution is -2.22. The Labute approximate surface area is 86.0 Å². The molecule has 0 N–H and O–H groups in total.